The highest BCUT2D eigenvalue weighted by Gasteiger charge is 1.57. The number of hydrogen-bond acceptors (Lipinski definition) is 1. The SMILES string of the molecule is CC.CC.CCO.c1ccccc1. The lowest BCUT2D eigenvalue weighted by Gasteiger charge is -1.69. The molecule has 0 heterocycles. The largest absolute Gasteiger partial charge is 0.397 e. The Morgan fingerprint density at radius 1 is 0.692 bits per heavy atom. The zero-order valence-corrected chi connectivity index (χ0v) is 9.62. The molecule has 0 unspecified atom stereocenters. The molecule has 1 nitrogen and oxygen atoms in total. The molecule has 0 spiro atoms. The maximum Gasteiger partial charge on any atom is 0.0402 e. The fraction of sp³-hybridized carbons (Fsp3) is 0.500. The van der Waals surface area contributed by atoms with E-state index < -0.39 is 0 Å². The minimum absolute atomic E-state index is 0.250. The van der Waals surface area contributed by atoms with Gasteiger partial charge in [-0.15, -0.1) is 0 Å². The molecule has 13 heavy (non-hydrogen) atoms. The van der Waals surface area contributed by atoms with Crippen LogP contribution in [0.3, 0.4) is 0 Å². The van der Waals surface area contributed by atoms with Gasteiger partial charge in [0.2, 0.25) is 0 Å². The molecule has 0 saturated carbocycles. The molecular formula is C12H24O. The average Bonchev–Trinajstić information content (AvgIpc) is 2.27. The fourth-order valence-electron chi connectivity index (χ4n) is 0.385. The maximum atomic E-state index is 7.57. The third-order valence-electron chi connectivity index (χ3n) is 0.667. The molecule has 0 radical (unpaired) electrons. The summed E-state index contributed by atoms with van der Waals surface area (Å²) in [4.78, 5) is 0. The second kappa shape index (κ2) is 30.3. The normalized spacial score (nSPS) is 6.00. The van der Waals surface area contributed by atoms with Crippen molar-refractivity contribution in [2.45, 2.75) is 34.6 Å². The topological polar surface area (TPSA) is 20.2 Å². The molecule has 1 aromatic carbocycles. The summed E-state index contributed by atoms with van der Waals surface area (Å²) in [5.74, 6) is 0. The Morgan fingerprint density at radius 2 is 0.769 bits per heavy atom. The molecule has 0 aromatic heterocycles. The van der Waals surface area contributed by atoms with Crippen LogP contribution < -0.4 is 0 Å². The van der Waals surface area contributed by atoms with Gasteiger partial charge in [-0.3, -0.25) is 0 Å². The smallest absolute Gasteiger partial charge is 0.0402 e. The Labute approximate surface area is 83.4 Å². The van der Waals surface area contributed by atoms with E-state index in [-0.39, 0.29) is 6.61 Å². The van der Waals surface area contributed by atoms with Crippen LogP contribution in [0.2, 0.25) is 0 Å². The Kier molecular flexibility index (Phi) is 42.2. The molecular weight excluding hydrogens is 160 g/mol. The molecule has 78 valence electrons. The molecule has 0 amide bonds. The second-order valence-corrected chi connectivity index (χ2v) is 1.47. The van der Waals surface area contributed by atoms with Crippen molar-refractivity contribution in [1.29, 1.82) is 0 Å². The molecule has 0 saturated heterocycles. The van der Waals surface area contributed by atoms with Gasteiger partial charge in [0, 0.05) is 6.61 Å². The summed E-state index contributed by atoms with van der Waals surface area (Å²) in [6.07, 6.45) is 0. The van der Waals surface area contributed by atoms with Gasteiger partial charge >= 0.3 is 0 Å². The standard InChI is InChI=1S/C6H6.C2H6O.2C2H6/c1-2-4-6-5-3-1;1-2-3;2*1-2/h1-6H;3H,2H2,1H3;2*1-2H3. The van der Waals surface area contributed by atoms with Crippen LogP contribution in [0.25, 0.3) is 0 Å². The van der Waals surface area contributed by atoms with Gasteiger partial charge in [0.25, 0.3) is 0 Å². The van der Waals surface area contributed by atoms with Crippen LogP contribution >= 0.6 is 0 Å². The van der Waals surface area contributed by atoms with E-state index in [0.29, 0.717) is 0 Å². The van der Waals surface area contributed by atoms with Crippen molar-refractivity contribution < 1.29 is 5.11 Å². The summed E-state index contributed by atoms with van der Waals surface area (Å²) in [6, 6.07) is 12.0. The fourth-order valence-corrected chi connectivity index (χ4v) is 0.385. The minimum atomic E-state index is 0.250. The lowest BCUT2D eigenvalue weighted by atomic mass is 10.4. The van der Waals surface area contributed by atoms with Crippen molar-refractivity contribution in [2.24, 2.45) is 0 Å². The van der Waals surface area contributed by atoms with E-state index in [0.717, 1.165) is 0 Å². The third-order valence-corrected chi connectivity index (χ3v) is 0.667. The Hall–Kier alpha value is -0.820. The molecule has 1 aromatic rings. The quantitative estimate of drug-likeness (QED) is 0.651. The van der Waals surface area contributed by atoms with E-state index in [2.05, 4.69) is 0 Å². The molecule has 1 heteroatoms. The van der Waals surface area contributed by atoms with Crippen LogP contribution in [0.5, 0.6) is 0 Å². The van der Waals surface area contributed by atoms with E-state index in [1.54, 1.807) is 6.92 Å². The van der Waals surface area contributed by atoms with E-state index >= 15 is 0 Å². The highest BCUT2D eigenvalue weighted by Crippen LogP contribution is 1.79. The Balaban J connectivity index is -0.000000124. The molecule has 0 aliphatic carbocycles. The number of aliphatic hydroxyl groups is 1. The minimum Gasteiger partial charge on any atom is -0.397 e. The summed E-state index contributed by atoms with van der Waals surface area (Å²) < 4.78 is 0. The van der Waals surface area contributed by atoms with Gasteiger partial charge < -0.3 is 5.11 Å². The van der Waals surface area contributed by atoms with Gasteiger partial charge in [-0.2, -0.15) is 0 Å². The predicted octanol–water partition coefficient (Wildman–Crippen LogP) is 3.74. The van der Waals surface area contributed by atoms with Crippen molar-refractivity contribution in [1.82, 2.24) is 0 Å². The first-order valence-corrected chi connectivity index (χ1v) is 5.02. The summed E-state index contributed by atoms with van der Waals surface area (Å²) in [6.45, 7) is 9.93. The van der Waals surface area contributed by atoms with E-state index in [9.17, 15) is 0 Å². The lowest BCUT2D eigenvalue weighted by Crippen LogP contribution is -1.57. The van der Waals surface area contributed by atoms with Crippen LogP contribution in [-0.2, 0) is 0 Å². The maximum absolute atomic E-state index is 7.57. The highest BCUT2D eigenvalue weighted by atomic mass is 16.2. The molecule has 0 bridgehead atoms. The van der Waals surface area contributed by atoms with Crippen LogP contribution in [-0.4, -0.2) is 11.7 Å². The summed E-state index contributed by atoms with van der Waals surface area (Å²) in [7, 11) is 0. The second-order valence-electron chi connectivity index (χ2n) is 1.47. The molecule has 1 N–H and O–H groups in total. The van der Waals surface area contributed by atoms with Crippen molar-refractivity contribution in [3.63, 3.8) is 0 Å². The number of aliphatic hydroxyl groups excluding tert-OH is 1. The highest BCUT2D eigenvalue weighted by molar-refractivity contribution is 4.99. The lowest BCUT2D eigenvalue weighted by molar-refractivity contribution is 0.318. The predicted molar refractivity (Wildman–Crippen MR) is 61.9 cm³/mol. The van der Waals surface area contributed by atoms with E-state index in [1.165, 1.54) is 0 Å². The van der Waals surface area contributed by atoms with Gasteiger partial charge in [-0.05, 0) is 6.92 Å². The first-order chi connectivity index (χ1) is 6.41. The zero-order chi connectivity index (χ0) is 10.9. The van der Waals surface area contributed by atoms with Gasteiger partial charge in [0.05, 0.1) is 0 Å². The molecule has 0 fully saturated rings. The summed E-state index contributed by atoms with van der Waals surface area (Å²) in [5.41, 5.74) is 0. The van der Waals surface area contributed by atoms with Crippen molar-refractivity contribution in [3.8, 4) is 0 Å². The first kappa shape index (κ1) is 18.1. The summed E-state index contributed by atoms with van der Waals surface area (Å²) in [5, 5.41) is 7.57. The van der Waals surface area contributed by atoms with Crippen LogP contribution in [0, 0.1) is 0 Å². The number of rotatable bonds is 0. The van der Waals surface area contributed by atoms with Gasteiger partial charge in [-0.25, -0.2) is 0 Å². The van der Waals surface area contributed by atoms with Crippen LogP contribution in [0.15, 0.2) is 36.4 Å². The van der Waals surface area contributed by atoms with Gasteiger partial charge in [0.15, 0.2) is 0 Å². The van der Waals surface area contributed by atoms with E-state index in [1.807, 2.05) is 64.1 Å². The number of hydrogen-bond donors (Lipinski definition) is 1. The zero-order valence-electron chi connectivity index (χ0n) is 9.62. The first-order valence-electron chi connectivity index (χ1n) is 5.02. The van der Waals surface area contributed by atoms with Crippen molar-refractivity contribution in [2.75, 3.05) is 6.61 Å². The Morgan fingerprint density at radius 3 is 0.846 bits per heavy atom. The van der Waals surface area contributed by atoms with Gasteiger partial charge in [0.1, 0.15) is 0 Å². The van der Waals surface area contributed by atoms with Crippen LogP contribution in [0.1, 0.15) is 34.6 Å². The third kappa shape index (κ3) is 35.1. The van der Waals surface area contributed by atoms with Crippen LogP contribution in [0.4, 0.5) is 0 Å². The molecule has 1 rings (SSSR count). The molecule has 0 aliphatic rings. The van der Waals surface area contributed by atoms with E-state index in [4.69, 9.17) is 5.11 Å². The van der Waals surface area contributed by atoms with Crippen molar-refractivity contribution in [3.05, 3.63) is 36.4 Å². The summed E-state index contributed by atoms with van der Waals surface area (Å²) >= 11 is 0. The average molecular weight is 184 g/mol. The Bertz CT molecular complexity index is 88.0. The van der Waals surface area contributed by atoms with Gasteiger partial charge in [-0.1, -0.05) is 64.1 Å². The van der Waals surface area contributed by atoms with Crippen molar-refractivity contribution >= 4 is 0 Å². The number of benzene rings is 1. The molecule has 0 aliphatic heterocycles. The molecule has 0 atom stereocenters. The monoisotopic (exact) mass is 184 g/mol.